The zero-order valence-corrected chi connectivity index (χ0v) is 12.2. The number of nitrogens with two attached hydrogens (primary N) is 1. The van der Waals surface area contributed by atoms with Gasteiger partial charge < -0.3 is 10.3 Å². The van der Waals surface area contributed by atoms with Crippen LogP contribution in [0, 0.1) is 0 Å². The van der Waals surface area contributed by atoms with E-state index >= 15 is 0 Å². The number of rotatable bonds is 5. The van der Waals surface area contributed by atoms with Crippen molar-refractivity contribution in [3.05, 3.63) is 28.8 Å². The Hall–Kier alpha value is -0.920. The first-order chi connectivity index (χ1) is 8.70. The molecule has 2 rings (SSSR count). The Labute approximate surface area is 118 Å². The van der Waals surface area contributed by atoms with E-state index in [0.717, 1.165) is 22.2 Å². The molecule has 0 saturated heterocycles. The third-order valence-corrected chi connectivity index (χ3v) is 3.43. The molecule has 5 nitrogen and oxygen atoms in total. The fourth-order valence-corrected chi connectivity index (χ4v) is 2.26. The lowest BCUT2D eigenvalue weighted by Gasteiger charge is -2.03. The molecule has 96 valence electrons. The van der Waals surface area contributed by atoms with Gasteiger partial charge in [0.2, 0.25) is 11.7 Å². The van der Waals surface area contributed by atoms with Crippen molar-refractivity contribution in [3.63, 3.8) is 0 Å². The van der Waals surface area contributed by atoms with Crippen molar-refractivity contribution in [3.8, 4) is 11.4 Å². The van der Waals surface area contributed by atoms with Crippen LogP contribution < -0.4 is 5.73 Å². The first-order valence-corrected chi connectivity index (χ1v) is 7.58. The zero-order valence-electron chi connectivity index (χ0n) is 9.84. The van der Waals surface area contributed by atoms with Gasteiger partial charge in [0, 0.05) is 22.4 Å². The number of nitrogens with zero attached hydrogens (tertiary/aromatic N) is 3. The smallest absolute Gasteiger partial charge is 0.243 e. The molecule has 18 heavy (non-hydrogen) atoms. The molecule has 7 heteroatoms. The number of aromatic nitrogens is 3. The van der Waals surface area contributed by atoms with Gasteiger partial charge in [0.1, 0.15) is 0 Å². The molecule has 0 amide bonds. The van der Waals surface area contributed by atoms with Crippen molar-refractivity contribution in [2.75, 3.05) is 12.0 Å². The number of hydrogen-bond acceptors (Lipinski definition) is 6. The van der Waals surface area contributed by atoms with Crippen molar-refractivity contribution in [1.29, 1.82) is 0 Å². The maximum absolute atomic E-state index is 5.97. The Morgan fingerprint density at radius 3 is 3.06 bits per heavy atom. The Balaban J connectivity index is 2.15. The third-order valence-electron chi connectivity index (χ3n) is 2.35. The Morgan fingerprint density at radius 1 is 1.50 bits per heavy atom. The normalized spacial score (nSPS) is 12.6. The maximum atomic E-state index is 5.97. The average molecular weight is 329 g/mol. The van der Waals surface area contributed by atoms with E-state index in [1.807, 2.05) is 12.3 Å². The Morgan fingerprint density at radius 2 is 2.33 bits per heavy atom. The summed E-state index contributed by atoms with van der Waals surface area (Å²) in [6, 6.07) is 1.67. The highest BCUT2D eigenvalue weighted by Crippen LogP contribution is 2.21. The molecule has 0 radical (unpaired) electrons. The van der Waals surface area contributed by atoms with E-state index in [4.69, 9.17) is 10.3 Å². The summed E-state index contributed by atoms with van der Waals surface area (Å²) in [5, 5.41) is 3.92. The molecule has 2 N–H and O–H groups in total. The van der Waals surface area contributed by atoms with Crippen molar-refractivity contribution in [1.82, 2.24) is 15.1 Å². The maximum Gasteiger partial charge on any atom is 0.243 e. The van der Waals surface area contributed by atoms with Gasteiger partial charge in [0.05, 0.1) is 6.04 Å². The van der Waals surface area contributed by atoms with Crippen molar-refractivity contribution in [2.45, 2.75) is 12.5 Å². The largest absolute Gasteiger partial charge is 0.337 e. The van der Waals surface area contributed by atoms with Gasteiger partial charge in [-0.05, 0) is 40.4 Å². The molecule has 0 aliphatic carbocycles. The summed E-state index contributed by atoms with van der Waals surface area (Å²) in [5.41, 5.74) is 6.77. The topological polar surface area (TPSA) is 77.8 Å². The molecule has 0 fully saturated rings. The molecule has 2 aromatic heterocycles. The van der Waals surface area contributed by atoms with Gasteiger partial charge in [-0.2, -0.15) is 16.7 Å². The molecular weight excluding hydrogens is 316 g/mol. The first-order valence-electron chi connectivity index (χ1n) is 5.39. The summed E-state index contributed by atoms with van der Waals surface area (Å²) >= 11 is 5.10. The van der Waals surface area contributed by atoms with E-state index in [-0.39, 0.29) is 6.04 Å². The number of pyridine rings is 1. The zero-order chi connectivity index (χ0) is 13.0. The number of halogens is 1. The van der Waals surface area contributed by atoms with Gasteiger partial charge >= 0.3 is 0 Å². The summed E-state index contributed by atoms with van der Waals surface area (Å²) in [5.74, 6) is 1.95. The fourth-order valence-electron chi connectivity index (χ4n) is 1.41. The quantitative estimate of drug-likeness (QED) is 0.909. The molecule has 1 unspecified atom stereocenters. The number of thioether (sulfide) groups is 1. The first kappa shape index (κ1) is 13.5. The predicted molar refractivity (Wildman–Crippen MR) is 75.2 cm³/mol. The molecule has 2 heterocycles. The predicted octanol–water partition coefficient (Wildman–Crippen LogP) is 2.65. The highest BCUT2D eigenvalue weighted by molar-refractivity contribution is 9.10. The van der Waals surface area contributed by atoms with Gasteiger partial charge in [0.15, 0.2) is 0 Å². The second-order valence-electron chi connectivity index (χ2n) is 3.74. The minimum absolute atomic E-state index is 0.209. The number of hydrogen-bond donors (Lipinski definition) is 1. The van der Waals surface area contributed by atoms with Crippen LogP contribution in [0.15, 0.2) is 27.5 Å². The van der Waals surface area contributed by atoms with Crippen LogP contribution in [-0.4, -0.2) is 27.1 Å². The van der Waals surface area contributed by atoms with E-state index in [1.54, 1.807) is 24.2 Å². The van der Waals surface area contributed by atoms with Crippen LogP contribution in [0.1, 0.15) is 18.4 Å². The van der Waals surface area contributed by atoms with Gasteiger partial charge in [-0.25, -0.2) is 0 Å². The van der Waals surface area contributed by atoms with E-state index in [9.17, 15) is 0 Å². The van der Waals surface area contributed by atoms with E-state index in [1.165, 1.54) is 0 Å². The standard InChI is InChI=1S/C11H13BrN4OS/c1-18-3-2-9(13)11-15-10(16-17-11)7-4-8(12)6-14-5-7/h4-6,9H,2-3,13H2,1H3. The second kappa shape index (κ2) is 6.31. The second-order valence-corrected chi connectivity index (χ2v) is 5.64. The molecule has 0 aliphatic rings. The van der Waals surface area contributed by atoms with Crippen LogP contribution in [0.25, 0.3) is 11.4 Å². The van der Waals surface area contributed by atoms with E-state index in [2.05, 4.69) is 31.1 Å². The molecule has 0 spiro atoms. The molecule has 0 bridgehead atoms. The molecule has 1 atom stereocenters. The van der Waals surface area contributed by atoms with Crippen LogP contribution in [0.3, 0.4) is 0 Å². The summed E-state index contributed by atoms with van der Waals surface area (Å²) in [7, 11) is 0. The molecule has 0 aliphatic heterocycles. The van der Waals surface area contributed by atoms with E-state index in [0.29, 0.717) is 11.7 Å². The van der Waals surface area contributed by atoms with Gasteiger partial charge in [-0.15, -0.1) is 0 Å². The van der Waals surface area contributed by atoms with Crippen LogP contribution in [0.2, 0.25) is 0 Å². The fraction of sp³-hybridized carbons (Fsp3) is 0.364. The lowest BCUT2D eigenvalue weighted by atomic mass is 10.2. The summed E-state index contributed by atoms with van der Waals surface area (Å²) in [4.78, 5) is 8.36. The van der Waals surface area contributed by atoms with Crippen LogP contribution >= 0.6 is 27.7 Å². The van der Waals surface area contributed by atoms with Crippen molar-refractivity contribution >= 4 is 27.7 Å². The third kappa shape index (κ3) is 3.30. The monoisotopic (exact) mass is 328 g/mol. The summed E-state index contributed by atoms with van der Waals surface area (Å²) in [6.45, 7) is 0. The van der Waals surface area contributed by atoms with E-state index < -0.39 is 0 Å². The Kier molecular flexibility index (Phi) is 4.73. The molecular formula is C11H13BrN4OS. The SMILES string of the molecule is CSCCC(N)c1nc(-c2cncc(Br)c2)no1. The van der Waals surface area contributed by atoms with Gasteiger partial charge in [0.25, 0.3) is 0 Å². The van der Waals surface area contributed by atoms with Gasteiger partial charge in [-0.3, -0.25) is 4.98 Å². The summed E-state index contributed by atoms with van der Waals surface area (Å²) < 4.78 is 6.05. The molecule has 2 aromatic rings. The van der Waals surface area contributed by atoms with Gasteiger partial charge in [-0.1, -0.05) is 5.16 Å². The molecule has 0 saturated carbocycles. The Bertz CT molecular complexity index is 519. The highest BCUT2D eigenvalue weighted by Gasteiger charge is 2.15. The van der Waals surface area contributed by atoms with Crippen molar-refractivity contribution in [2.24, 2.45) is 5.73 Å². The van der Waals surface area contributed by atoms with Crippen molar-refractivity contribution < 1.29 is 4.52 Å². The lowest BCUT2D eigenvalue weighted by molar-refractivity contribution is 0.353. The minimum Gasteiger partial charge on any atom is -0.337 e. The molecule has 0 aromatic carbocycles. The van der Waals surface area contributed by atoms with Crippen LogP contribution in [0.5, 0.6) is 0 Å². The summed E-state index contributed by atoms with van der Waals surface area (Å²) in [6.07, 6.45) is 6.25. The highest BCUT2D eigenvalue weighted by atomic mass is 79.9. The van der Waals surface area contributed by atoms with Crippen LogP contribution in [-0.2, 0) is 0 Å². The minimum atomic E-state index is -0.209. The van der Waals surface area contributed by atoms with Crippen LogP contribution in [0.4, 0.5) is 0 Å². The average Bonchev–Trinajstić information content (AvgIpc) is 2.85. The lowest BCUT2D eigenvalue weighted by Crippen LogP contribution is -2.11.